The number of nitrogens with zero attached hydrogens (tertiary/aromatic N) is 3. The van der Waals surface area contributed by atoms with Crippen molar-refractivity contribution in [3.05, 3.63) is 59.7 Å². The van der Waals surface area contributed by atoms with E-state index in [0.717, 1.165) is 35.8 Å². The SMILES string of the molecule is Cc1ncc(C(C)C)c(N[C@H]2COC[C@H]2Cc2ccnc3ccccc23)n1. The highest BCUT2D eigenvalue weighted by molar-refractivity contribution is 5.81. The van der Waals surface area contributed by atoms with Crippen molar-refractivity contribution in [2.75, 3.05) is 18.5 Å². The molecule has 140 valence electrons. The first-order chi connectivity index (χ1) is 13.1. The minimum atomic E-state index is 0.240. The Morgan fingerprint density at radius 2 is 2.00 bits per heavy atom. The van der Waals surface area contributed by atoms with Crippen molar-refractivity contribution in [2.45, 2.75) is 39.2 Å². The number of aryl methyl sites for hydroxylation is 1. The fraction of sp³-hybridized carbons (Fsp3) is 0.409. The van der Waals surface area contributed by atoms with Crippen LogP contribution in [0.2, 0.25) is 0 Å². The molecule has 1 N–H and O–H groups in total. The van der Waals surface area contributed by atoms with Crippen LogP contribution in [0.4, 0.5) is 5.82 Å². The molecule has 4 rings (SSSR count). The molecule has 1 aliphatic heterocycles. The number of rotatable bonds is 5. The highest BCUT2D eigenvalue weighted by atomic mass is 16.5. The van der Waals surface area contributed by atoms with Gasteiger partial charge in [0.2, 0.25) is 0 Å². The molecule has 5 nitrogen and oxygen atoms in total. The predicted molar refractivity (Wildman–Crippen MR) is 108 cm³/mol. The third-order valence-electron chi connectivity index (χ3n) is 5.30. The number of pyridine rings is 1. The average Bonchev–Trinajstić information content (AvgIpc) is 3.08. The number of nitrogens with one attached hydrogen (secondary N) is 1. The minimum absolute atomic E-state index is 0.240. The molecule has 0 unspecified atom stereocenters. The van der Waals surface area contributed by atoms with E-state index in [9.17, 15) is 0 Å². The Hall–Kier alpha value is -2.53. The maximum atomic E-state index is 5.84. The van der Waals surface area contributed by atoms with Crippen LogP contribution in [0.3, 0.4) is 0 Å². The zero-order valence-corrected chi connectivity index (χ0v) is 16.1. The van der Waals surface area contributed by atoms with Gasteiger partial charge < -0.3 is 10.1 Å². The summed E-state index contributed by atoms with van der Waals surface area (Å²) >= 11 is 0. The summed E-state index contributed by atoms with van der Waals surface area (Å²) in [6.07, 6.45) is 4.80. The molecule has 27 heavy (non-hydrogen) atoms. The maximum Gasteiger partial charge on any atom is 0.133 e. The first-order valence-corrected chi connectivity index (χ1v) is 9.62. The normalized spacial score (nSPS) is 19.7. The lowest BCUT2D eigenvalue weighted by Crippen LogP contribution is -2.30. The van der Waals surface area contributed by atoms with Gasteiger partial charge in [0.25, 0.3) is 0 Å². The number of fused-ring (bicyclic) bond motifs is 1. The van der Waals surface area contributed by atoms with Crippen LogP contribution in [-0.4, -0.2) is 34.2 Å². The van der Waals surface area contributed by atoms with E-state index in [0.29, 0.717) is 18.4 Å². The van der Waals surface area contributed by atoms with Crippen molar-refractivity contribution < 1.29 is 4.74 Å². The van der Waals surface area contributed by atoms with E-state index < -0.39 is 0 Å². The van der Waals surface area contributed by atoms with Gasteiger partial charge >= 0.3 is 0 Å². The highest BCUT2D eigenvalue weighted by Crippen LogP contribution is 2.28. The van der Waals surface area contributed by atoms with Gasteiger partial charge in [0.05, 0.1) is 24.8 Å². The third-order valence-corrected chi connectivity index (χ3v) is 5.30. The van der Waals surface area contributed by atoms with E-state index >= 15 is 0 Å². The van der Waals surface area contributed by atoms with Crippen LogP contribution in [-0.2, 0) is 11.2 Å². The van der Waals surface area contributed by atoms with Crippen molar-refractivity contribution in [1.82, 2.24) is 15.0 Å². The van der Waals surface area contributed by atoms with Gasteiger partial charge in [-0.1, -0.05) is 32.0 Å². The quantitative estimate of drug-likeness (QED) is 0.740. The van der Waals surface area contributed by atoms with Crippen molar-refractivity contribution in [3.63, 3.8) is 0 Å². The van der Waals surface area contributed by atoms with E-state index in [2.05, 4.69) is 58.4 Å². The number of aromatic nitrogens is 3. The summed E-state index contributed by atoms with van der Waals surface area (Å²) in [4.78, 5) is 13.5. The maximum absolute atomic E-state index is 5.84. The molecule has 0 spiro atoms. The number of anilines is 1. The predicted octanol–water partition coefficient (Wildman–Crippen LogP) is 4.13. The summed E-state index contributed by atoms with van der Waals surface area (Å²) in [5.41, 5.74) is 3.53. The van der Waals surface area contributed by atoms with E-state index in [4.69, 9.17) is 4.74 Å². The Morgan fingerprint density at radius 1 is 1.15 bits per heavy atom. The van der Waals surface area contributed by atoms with Crippen molar-refractivity contribution in [2.24, 2.45) is 5.92 Å². The molecule has 5 heteroatoms. The van der Waals surface area contributed by atoms with Crippen LogP contribution in [0.15, 0.2) is 42.7 Å². The summed E-state index contributed by atoms with van der Waals surface area (Å²) < 4.78 is 5.84. The van der Waals surface area contributed by atoms with Gasteiger partial charge in [-0.25, -0.2) is 9.97 Å². The molecule has 1 saturated heterocycles. The van der Waals surface area contributed by atoms with Gasteiger partial charge in [0.1, 0.15) is 11.6 Å². The molecule has 1 aromatic carbocycles. The van der Waals surface area contributed by atoms with Gasteiger partial charge in [-0.15, -0.1) is 0 Å². The van der Waals surface area contributed by atoms with Crippen LogP contribution >= 0.6 is 0 Å². The monoisotopic (exact) mass is 362 g/mol. The van der Waals surface area contributed by atoms with Gasteiger partial charge in [0, 0.05) is 29.3 Å². The van der Waals surface area contributed by atoms with E-state index in [1.54, 1.807) is 0 Å². The lowest BCUT2D eigenvalue weighted by molar-refractivity contribution is 0.185. The third kappa shape index (κ3) is 3.78. The molecule has 2 aromatic heterocycles. The fourth-order valence-corrected chi connectivity index (χ4v) is 3.77. The highest BCUT2D eigenvalue weighted by Gasteiger charge is 2.30. The number of hydrogen-bond donors (Lipinski definition) is 1. The fourth-order valence-electron chi connectivity index (χ4n) is 3.77. The largest absolute Gasteiger partial charge is 0.379 e. The number of hydrogen-bond acceptors (Lipinski definition) is 5. The molecule has 1 fully saturated rings. The zero-order valence-electron chi connectivity index (χ0n) is 16.1. The summed E-state index contributed by atoms with van der Waals surface area (Å²) in [6, 6.07) is 10.7. The second-order valence-corrected chi connectivity index (χ2v) is 7.62. The minimum Gasteiger partial charge on any atom is -0.379 e. The smallest absolute Gasteiger partial charge is 0.133 e. The lowest BCUT2D eigenvalue weighted by atomic mass is 9.93. The Morgan fingerprint density at radius 3 is 2.85 bits per heavy atom. The lowest BCUT2D eigenvalue weighted by Gasteiger charge is -2.22. The number of benzene rings is 1. The van der Waals surface area contributed by atoms with Crippen molar-refractivity contribution >= 4 is 16.7 Å². The first kappa shape index (κ1) is 17.9. The molecule has 0 radical (unpaired) electrons. The van der Waals surface area contributed by atoms with Crippen molar-refractivity contribution in [3.8, 4) is 0 Å². The molecule has 1 aliphatic rings. The van der Waals surface area contributed by atoms with Crippen LogP contribution < -0.4 is 5.32 Å². The average molecular weight is 362 g/mol. The van der Waals surface area contributed by atoms with Crippen molar-refractivity contribution in [1.29, 1.82) is 0 Å². The van der Waals surface area contributed by atoms with Gasteiger partial charge in [-0.05, 0) is 37.0 Å². The van der Waals surface area contributed by atoms with Crippen LogP contribution in [0, 0.1) is 12.8 Å². The molecule has 3 heterocycles. The van der Waals surface area contributed by atoms with Crippen LogP contribution in [0.5, 0.6) is 0 Å². The Balaban J connectivity index is 1.57. The second kappa shape index (κ2) is 7.61. The number of ether oxygens (including phenoxy) is 1. The van der Waals surface area contributed by atoms with Gasteiger partial charge in [-0.2, -0.15) is 0 Å². The second-order valence-electron chi connectivity index (χ2n) is 7.62. The summed E-state index contributed by atoms with van der Waals surface area (Å²) in [5, 5.41) is 4.89. The Bertz CT molecular complexity index is 935. The van der Waals surface area contributed by atoms with E-state index in [-0.39, 0.29) is 6.04 Å². The standard InChI is InChI=1S/C22H26N4O/c1-14(2)19-11-24-15(3)25-22(19)26-21-13-27-12-17(21)10-16-8-9-23-20-7-5-4-6-18(16)20/h4-9,11,14,17,21H,10,12-13H2,1-3H3,(H,24,25,26)/t17-,21+/m1/s1. The molecule has 0 saturated carbocycles. The number of para-hydroxylation sites is 1. The van der Waals surface area contributed by atoms with Gasteiger partial charge in [-0.3, -0.25) is 4.98 Å². The van der Waals surface area contributed by atoms with Crippen LogP contribution in [0.1, 0.15) is 36.7 Å². The van der Waals surface area contributed by atoms with E-state index in [1.165, 1.54) is 10.9 Å². The molecule has 0 amide bonds. The molecule has 2 atom stereocenters. The van der Waals surface area contributed by atoms with E-state index in [1.807, 2.05) is 25.4 Å². The Kier molecular flexibility index (Phi) is 5.03. The molecule has 0 aliphatic carbocycles. The molecular weight excluding hydrogens is 336 g/mol. The molecule has 0 bridgehead atoms. The topological polar surface area (TPSA) is 59.9 Å². The molecular formula is C22H26N4O. The first-order valence-electron chi connectivity index (χ1n) is 9.62. The van der Waals surface area contributed by atoms with Gasteiger partial charge in [0.15, 0.2) is 0 Å². The molecule has 3 aromatic rings. The van der Waals surface area contributed by atoms with Crippen LogP contribution in [0.25, 0.3) is 10.9 Å². The summed E-state index contributed by atoms with van der Waals surface area (Å²) in [6.45, 7) is 7.74. The summed E-state index contributed by atoms with van der Waals surface area (Å²) in [5.74, 6) is 2.50. The zero-order chi connectivity index (χ0) is 18.8. The summed E-state index contributed by atoms with van der Waals surface area (Å²) in [7, 11) is 0. The Labute approximate surface area is 160 Å².